The second-order valence-electron chi connectivity index (χ2n) is 5.75. The van der Waals surface area contributed by atoms with Crippen molar-refractivity contribution in [2.45, 2.75) is 25.7 Å². The molecule has 2 aliphatic rings. The molecule has 2 N–H and O–H groups in total. The van der Waals surface area contributed by atoms with Crippen molar-refractivity contribution in [3.05, 3.63) is 44.3 Å². The summed E-state index contributed by atoms with van der Waals surface area (Å²) in [6.07, 6.45) is 4.08. The van der Waals surface area contributed by atoms with Crippen molar-refractivity contribution >= 4 is 16.9 Å². The van der Waals surface area contributed by atoms with Crippen LogP contribution < -0.4 is 20.8 Å². The largest absolute Gasteiger partial charge is 0.480 e. The van der Waals surface area contributed by atoms with Crippen LogP contribution in [-0.4, -0.2) is 23.3 Å². The second-order valence-corrected chi connectivity index (χ2v) is 5.75. The van der Waals surface area contributed by atoms with Crippen molar-refractivity contribution in [2.75, 3.05) is 13.1 Å². The van der Waals surface area contributed by atoms with E-state index in [1.165, 1.54) is 17.0 Å². The van der Waals surface area contributed by atoms with Gasteiger partial charge in [-0.25, -0.2) is 9.37 Å². The van der Waals surface area contributed by atoms with Crippen molar-refractivity contribution < 1.29 is 14.6 Å². The summed E-state index contributed by atoms with van der Waals surface area (Å²) in [5.74, 6) is -0.987. The predicted octanol–water partition coefficient (Wildman–Crippen LogP) is 0.358. The molecule has 0 aliphatic carbocycles. The van der Waals surface area contributed by atoms with E-state index in [1.807, 2.05) is 6.07 Å². The molecule has 1 aromatic heterocycles. The van der Waals surface area contributed by atoms with Crippen LogP contribution in [0, 0.1) is 0 Å². The molecule has 5 nitrogen and oxygen atoms in total. The molecular weight excluding hydrogens is 270 g/mol. The van der Waals surface area contributed by atoms with Gasteiger partial charge in [-0.3, -0.25) is 0 Å². The summed E-state index contributed by atoms with van der Waals surface area (Å²) in [5, 5.41) is 20.2. The summed E-state index contributed by atoms with van der Waals surface area (Å²) in [7, 11) is 0. The summed E-state index contributed by atoms with van der Waals surface area (Å²) in [5.41, 5.74) is 2.25. The van der Waals surface area contributed by atoms with E-state index in [0.717, 1.165) is 49.7 Å². The lowest BCUT2D eigenvalue weighted by Gasteiger charge is -2.18. The number of aryl methyl sites for hydroxylation is 2. The van der Waals surface area contributed by atoms with E-state index in [-0.39, 0.29) is 5.22 Å². The lowest BCUT2D eigenvalue weighted by molar-refractivity contribution is 0.296. The van der Waals surface area contributed by atoms with Crippen LogP contribution in [0.4, 0.5) is 0 Å². The lowest BCUT2D eigenvalue weighted by atomic mass is 9.93. The number of hydrogen-bond acceptors (Lipinski definition) is 4. The molecule has 0 saturated carbocycles. The molecule has 0 spiro atoms. The monoisotopic (exact) mass is 286 g/mol. The summed E-state index contributed by atoms with van der Waals surface area (Å²) < 4.78 is 7.78. The highest BCUT2D eigenvalue weighted by atomic mass is 16.5. The van der Waals surface area contributed by atoms with Gasteiger partial charge in [0.1, 0.15) is 23.9 Å². The Kier molecular flexibility index (Phi) is 2.58. The molecule has 0 saturated heterocycles. The normalized spacial score (nSPS) is 16.9. The number of nitrogens with zero attached hydrogens (tertiary/aromatic N) is 1. The van der Waals surface area contributed by atoms with E-state index in [9.17, 15) is 15.0 Å². The zero-order chi connectivity index (χ0) is 14.6. The summed E-state index contributed by atoms with van der Waals surface area (Å²) in [6, 6.07) is 3.53. The lowest BCUT2D eigenvalue weighted by Crippen LogP contribution is -2.43. The summed E-state index contributed by atoms with van der Waals surface area (Å²) in [4.78, 5) is 11.9. The molecule has 2 aliphatic heterocycles. The van der Waals surface area contributed by atoms with E-state index < -0.39 is 11.6 Å². The maximum Gasteiger partial charge on any atom is 0.350 e. The van der Waals surface area contributed by atoms with Crippen molar-refractivity contribution in [3.8, 4) is 0 Å². The number of fused-ring (bicyclic) bond motifs is 2. The van der Waals surface area contributed by atoms with Gasteiger partial charge in [0.25, 0.3) is 5.95 Å². The van der Waals surface area contributed by atoms with Gasteiger partial charge in [-0.2, -0.15) is 0 Å². The maximum atomic E-state index is 11.9. The third-order valence-electron chi connectivity index (χ3n) is 4.46. The molecule has 0 radical (unpaired) electrons. The van der Waals surface area contributed by atoms with Gasteiger partial charge in [-0.05, 0) is 25.0 Å². The standard InChI is InChI=1S/C16H15NO4/c18-15(19)12-8-10-7-9-3-1-5-17-6-2-4-11(13(9)17)14(10)21-16(12)20/h7-8H,1-6H2,(H,18,19)/p+1. The fourth-order valence-corrected chi connectivity index (χ4v) is 3.60. The molecule has 1 aromatic carbocycles. The Morgan fingerprint density at radius 1 is 1.14 bits per heavy atom. The fourth-order valence-electron chi connectivity index (χ4n) is 3.60. The molecule has 4 rings (SSSR count). The van der Waals surface area contributed by atoms with Crippen LogP contribution in [0.1, 0.15) is 24.0 Å². The van der Waals surface area contributed by atoms with E-state index in [4.69, 9.17) is 4.42 Å². The van der Waals surface area contributed by atoms with Crippen molar-refractivity contribution in [1.82, 2.24) is 4.58 Å². The van der Waals surface area contributed by atoms with Crippen LogP contribution >= 0.6 is 0 Å². The quantitative estimate of drug-likeness (QED) is 0.542. The highest BCUT2D eigenvalue weighted by molar-refractivity contribution is 5.81. The predicted molar refractivity (Wildman–Crippen MR) is 78.0 cm³/mol. The fraction of sp³-hybridized carbons (Fsp3) is 0.375. The van der Waals surface area contributed by atoms with E-state index in [2.05, 4.69) is 4.58 Å². The van der Waals surface area contributed by atoms with Gasteiger partial charge < -0.3 is 14.6 Å². The van der Waals surface area contributed by atoms with Crippen LogP contribution in [0.15, 0.2) is 21.3 Å². The summed E-state index contributed by atoms with van der Waals surface area (Å²) >= 11 is 0. The van der Waals surface area contributed by atoms with Crippen molar-refractivity contribution in [1.29, 1.82) is 0 Å². The molecule has 21 heavy (non-hydrogen) atoms. The Labute approximate surface area is 120 Å². The minimum Gasteiger partial charge on any atom is -0.480 e. The minimum atomic E-state index is -0.987. The van der Waals surface area contributed by atoms with Gasteiger partial charge in [0, 0.05) is 23.8 Å². The molecule has 0 unspecified atom stereocenters. The number of benzene rings is 1. The van der Waals surface area contributed by atoms with Gasteiger partial charge in [-0.1, -0.05) is 0 Å². The number of hydrogen-bond donors (Lipinski definition) is 2. The highest BCUT2D eigenvalue weighted by Gasteiger charge is 2.26. The molecule has 5 heteroatoms. The van der Waals surface area contributed by atoms with Gasteiger partial charge in [0.05, 0.1) is 5.56 Å². The first kappa shape index (κ1) is 12.4. The molecule has 0 bridgehead atoms. The SMILES string of the molecule is O=c1oc2c3c4c(cc2cc1=C(O)O)CCC[N+]=4CCC3. The van der Waals surface area contributed by atoms with Gasteiger partial charge in [0.15, 0.2) is 0 Å². The van der Waals surface area contributed by atoms with E-state index >= 15 is 0 Å². The summed E-state index contributed by atoms with van der Waals surface area (Å²) in [6.45, 7) is 2.11. The molecule has 3 heterocycles. The van der Waals surface area contributed by atoms with Crippen molar-refractivity contribution in [2.24, 2.45) is 0 Å². The number of aliphatic hydroxyl groups is 2. The number of rotatable bonds is 0. The third-order valence-corrected chi connectivity index (χ3v) is 4.46. The first-order valence-electron chi connectivity index (χ1n) is 7.28. The molecule has 108 valence electrons. The van der Waals surface area contributed by atoms with Crippen LogP contribution in [0.3, 0.4) is 0 Å². The van der Waals surface area contributed by atoms with Gasteiger partial charge >= 0.3 is 5.63 Å². The van der Waals surface area contributed by atoms with Crippen LogP contribution in [-0.2, 0) is 12.8 Å². The Bertz CT molecular complexity index is 931. The first-order chi connectivity index (χ1) is 10.1. The Balaban J connectivity index is 2.22. The van der Waals surface area contributed by atoms with Crippen LogP contribution in [0.5, 0.6) is 0 Å². The molecular formula is C16H16NO4+. The third kappa shape index (κ3) is 1.77. The Hall–Kier alpha value is -2.30. The zero-order valence-corrected chi connectivity index (χ0v) is 11.6. The second kappa shape index (κ2) is 4.35. The first-order valence-corrected chi connectivity index (χ1v) is 7.28. The van der Waals surface area contributed by atoms with Crippen molar-refractivity contribution in [3.63, 3.8) is 0 Å². The van der Waals surface area contributed by atoms with Gasteiger partial charge in [-0.15, -0.1) is 0 Å². The minimum absolute atomic E-state index is 0.182. The van der Waals surface area contributed by atoms with Crippen LogP contribution in [0.2, 0.25) is 0 Å². The number of aliphatic hydroxyl groups excluding tert-OH is 1. The average molecular weight is 286 g/mol. The molecule has 2 aromatic rings. The molecule has 0 fully saturated rings. The van der Waals surface area contributed by atoms with E-state index in [0.29, 0.717) is 5.58 Å². The Morgan fingerprint density at radius 2 is 1.90 bits per heavy atom. The smallest absolute Gasteiger partial charge is 0.350 e. The topological polar surface area (TPSA) is 73.7 Å². The molecule has 0 amide bonds. The zero-order valence-electron chi connectivity index (χ0n) is 11.6. The van der Waals surface area contributed by atoms with Crippen LogP contribution in [0.25, 0.3) is 16.9 Å². The van der Waals surface area contributed by atoms with E-state index in [1.54, 1.807) is 0 Å². The average Bonchev–Trinajstić information content (AvgIpc) is 2.48. The van der Waals surface area contributed by atoms with Gasteiger partial charge in [0.2, 0.25) is 5.36 Å². The molecule has 0 atom stereocenters. The maximum absolute atomic E-state index is 11.9. The highest BCUT2D eigenvalue weighted by Crippen LogP contribution is 2.20. The Morgan fingerprint density at radius 3 is 2.67 bits per heavy atom.